The third kappa shape index (κ3) is 3.92. The molecule has 0 atom stereocenters. The van der Waals surface area contributed by atoms with E-state index in [4.69, 9.17) is 28.5 Å². The maximum absolute atomic E-state index is 9.10. The number of halogens is 2. The van der Waals surface area contributed by atoms with Gasteiger partial charge in [-0.05, 0) is 79.9 Å². The molecule has 0 heterocycles. The number of hydrogen-bond donors (Lipinski definition) is 0. The van der Waals surface area contributed by atoms with Crippen LogP contribution in [0, 0.1) is 29.1 Å². The maximum Gasteiger partial charge on any atom is 0.102 e. The lowest BCUT2D eigenvalue weighted by Gasteiger charge is -2.38. The summed E-state index contributed by atoms with van der Waals surface area (Å²) in [5, 5.41) is 10.1. The molecule has 0 N–H and O–H groups in total. The van der Waals surface area contributed by atoms with Crippen LogP contribution in [0.1, 0.15) is 81.8 Å². The molecule has 3 heteroatoms. The van der Waals surface area contributed by atoms with E-state index in [0.29, 0.717) is 21.5 Å². The predicted molar refractivity (Wildman–Crippen MR) is 102 cm³/mol. The smallest absolute Gasteiger partial charge is 0.102 e. The van der Waals surface area contributed by atoms with Crippen molar-refractivity contribution in [3.8, 4) is 6.07 Å². The maximum atomic E-state index is 9.10. The second-order valence-corrected chi connectivity index (χ2v) is 8.59. The van der Waals surface area contributed by atoms with E-state index >= 15 is 0 Å². The van der Waals surface area contributed by atoms with Crippen LogP contribution < -0.4 is 0 Å². The van der Waals surface area contributed by atoms with Crippen molar-refractivity contribution in [2.75, 3.05) is 0 Å². The lowest BCUT2D eigenvalue weighted by molar-refractivity contribution is 0.158. The third-order valence-electron chi connectivity index (χ3n) is 6.55. The highest BCUT2D eigenvalue weighted by Gasteiger charge is 2.31. The van der Waals surface area contributed by atoms with E-state index in [9.17, 15) is 0 Å². The Balaban J connectivity index is 1.59. The first-order valence-corrected chi connectivity index (χ1v) is 10.3. The SMILES string of the molecule is CC[C@H]1CC[C@H]([C@H]2CC[C@H](c3cc(Cl)c(C#N)c(Cl)c3)CC2)CC1. The molecule has 1 nitrogen and oxygen atoms in total. The molecule has 2 aliphatic carbocycles. The van der Waals surface area contributed by atoms with Crippen LogP contribution in [0.15, 0.2) is 12.1 Å². The monoisotopic (exact) mass is 363 g/mol. The normalized spacial score (nSPS) is 30.8. The van der Waals surface area contributed by atoms with Gasteiger partial charge in [-0.2, -0.15) is 5.26 Å². The summed E-state index contributed by atoms with van der Waals surface area (Å²) in [5.41, 5.74) is 1.63. The number of rotatable bonds is 3. The zero-order valence-corrected chi connectivity index (χ0v) is 16.0. The van der Waals surface area contributed by atoms with Crippen LogP contribution in [0.3, 0.4) is 0 Å². The van der Waals surface area contributed by atoms with Crippen LogP contribution in [-0.4, -0.2) is 0 Å². The average molecular weight is 364 g/mol. The van der Waals surface area contributed by atoms with Gasteiger partial charge in [0.1, 0.15) is 6.07 Å². The largest absolute Gasteiger partial charge is 0.192 e. The molecule has 3 rings (SSSR count). The summed E-state index contributed by atoms with van der Waals surface area (Å²) in [6.07, 6.45) is 12.3. The van der Waals surface area contributed by atoms with Gasteiger partial charge in [-0.1, -0.05) is 49.4 Å². The fourth-order valence-corrected chi connectivity index (χ4v) is 5.52. The molecule has 2 aliphatic rings. The van der Waals surface area contributed by atoms with Crippen LogP contribution in [0.25, 0.3) is 0 Å². The minimum Gasteiger partial charge on any atom is -0.192 e. The van der Waals surface area contributed by atoms with Gasteiger partial charge in [-0.25, -0.2) is 0 Å². The molecule has 0 aliphatic heterocycles. The third-order valence-corrected chi connectivity index (χ3v) is 7.15. The summed E-state index contributed by atoms with van der Waals surface area (Å²) < 4.78 is 0. The predicted octanol–water partition coefficient (Wildman–Crippen LogP) is 7.36. The van der Waals surface area contributed by atoms with E-state index in [1.54, 1.807) is 0 Å². The Labute approximate surface area is 156 Å². The lowest BCUT2D eigenvalue weighted by Crippen LogP contribution is -2.25. The molecule has 130 valence electrons. The highest BCUT2D eigenvalue weighted by atomic mass is 35.5. The van der Waals surface area contributed by atoms with E-state index in [1.165, 1.54) is 63.4 Å². The van der Waals surface area contributed by atoms with Gasteiger partial charge >= 0.3 is 0 Å². The van der Waals surface area contributed by atoms with Gasteiger partial charge in [-0.3, -0.25) is 0 Å². The van der Waals surface area contributed by atoms with Crippen LogP contribution in [-0.2, 0) is 0 Å². The van der Waals surface area contributed by atoms with Crippen molar-refractivity contribution in [1.29, 1.82) is 5.26 Å². The number of nitrogens with zero attached hydrogens (tertiary/aromatic N) is 1. The Bertz CT molecular complexity index is 580. The molecule has 2 saturated carbocycles. The molecule has 0 spiro atoms. The first-order valence-electron chi connectivity index (χ1n) is 9.51. The van der Waals surface area contributed by atoms with Crippen LogP contribution in [0.2, 0.25) is 10.0 Å². The van der Waals surface area contributed by atoms with Gasteiger partial charge in [0.15, 0.2) is 0 Å². The Kier molecular flexibility index (Phi) is 6.12. The van der Waals surface area contributed by atoms with Gasteiger partial charge in [0, 0.05) is 0 Å². The van der Waals surface area contributed by atoms with E-state index in [-0.39, 0.29) is 0 Å². The number of hydrogen-bond acceptors (Lipinski definition) is 1. The molecule has 1 aromatic carbocycles. The number of benzene rings is 1. The minimum atomic E-state index is 0.406. The standard InChI is InChI=1S/C21H27Cl2N/c1-2-14-3-5-15(6-4-14)16-7-9-17(10-8-16)18-11-20(22)19(13-24)21(23)12-18/h11-12,14-17H,2-10H2,1H3/t14-,15-,16-,17-. The summed E-state index contributed by atoms with van der Waals surface area (Å²) >= 11 is 12.4. The van der Waals surface area contributed by atoms with Crippen molar-refractivity contribution in [3.05, 3.63) is 33.3 Å². The molecule has 1 aromatic rings. The first-order chi connectivity index (χ1) is 11.6. The minimum absolute atomic E-state index is 0.406. The van der Waals surface area contributed by atoms with Gasteiger partial charge in [0.25, 0.3) is 0 Å². The molecular formula is C21H27Cl2N. The molecule has 0 unspecified atom stereocenters. The topological polar surface area (TPSA) is 23.8 Å². The molecular weight excluding hydrogens is 337 g/mol. The summed E-state index contributed by atoms with van der Waals surface area (Å²) in [6.45, 7) is 2.34. The Morgan fingerprint density at radius 3 is 1.88 bits per heavy atom. The van der Waals surface area contributed by atoms with Crippen molar-refractivity contribution in [2.45, 2.75) is 70.6 Å². The molecule has 24 heavy (non-hydrogen) atoms. The van der Waals surface area contributed by atoms with E-state index in [1.807, 2.05) is 12.1 Å². The van der Waals surface area contributed by atoms with Crippen LogP contribution >= 0.6 is 23.2 Å². The molecule has 2 fully saturated rings. The molecule has 0 bridgehead atoms. The van der Waals surface area contributed by atoms with E-state index in [2.05, 4.69) is 13.0 Å². The zero-order chi connectivity index (χ0) is 17.1. The van der Waals surface area contributed by atoms with Crippen molar-refractivity contribution < 1.29 is 0 Å². The Hall–Kier alpha value is -0.710. The van der Waals surface area contributed by atoms with E-state index < -0.39 is 0 Å². The second-order valence-electron chi connectivity index (χ2n) is 7.77. The summed E-state index contributed by atoms with van der Waals surface area (Å²) in [7, 11) is 0. The van der Waals surface area contributed by atoms with Gasteiger partial charge in [-0.15, -0.1) is 0 Å². The van der Waals surface area contributed by atoms with Crippen molar-refractivity contribution in [2.24, 2.45) is 17.8 Å². The lowest BCUT2D eigenvalue weighted by atomic mass is 9.68. The highest BCUT2D eigenvalue weighted by molar-refractivity contribution is 6.36. The van der Waals surface area contributed by atoms with Crippen LogP contribution in [0.5, 0.6) is 0 Å². The van der Waals surface area contributed by atoms with Crippen molar-refractivity contribution in [3.63, 3.8) is 0 Å². The number of nitriles is 1. The summed E-state index contributed by atoms with van der Waals surface area (Å²) in [5.74, 6) is 3.42. The van der Waals surface area contributed by atoms with E-state index in [0.717, 1.165) is 17.8 Å². The van der Waals surface area contributed by atoms with Crippen molar-refractivity contribution >= 4 is 23.2 Å². The van der Waals surface area contributed by atoms with Gasteiger partial charge in [0.05, 0.1) is 15.6 Å². The highest BCUT2D eigenvalue weighted by Crippen LogP contribution is 2.45. The molecule has 0 saturated heterocycles. The summed E-state index contributed by atoms with van der Waals surface area (Å²) in [6, 6.07) is 6.01. The fraction of sp³-hybridized carbons (Fsp3) is 0.667. The molecule has 0 aromatic heterocycles. The molecule has 0 amide bonds. The average Bonchev–Trinajstić information content (AvgIpc) is 2.62. The van der Waals surface area contributed by atoms with Crippen LogP contribution in [0.4, 0.5) is 0 Å². The first kappa shape index (κ1) is 18.1. The van der Waals surface area contributed by atoms with Gasteiger partial charge < -0.3 is 0 Å². The van der Waals surface area contributed by atoms with Crippen molar-refractivity contribution in [1.82, 2.24) is 0 Å². The Morgan fingerprint density at radius 1 is 0.917 bits per heavy atom. The molecule has 0 radical (unpaired) electrons. The van der Waals surface area contributed by atoms with Gasteiger partial charge in [0.2, 0.25) is 0 Å². The second kappa shape index (κ2) is 8.11. The Morgan fingerprint density at radius 2 is 1.42 bits per heavy atom. The fourth-order valence-electron chi connectivity index (χ4n) is 4.93. The zero-order valence-electron chi connectivity index (χ0n) is 14.5. The summed E-state index contributed by atoms with van der Waals surface area (Å²) in [4.78, 5) is 0. The quantitative estimate of drug-likeness (QED) is 0.550.